The minimum atomic E-state index is -0.324. The van der Waals surface area contributed by atoms with Crippen LogP contribution in [0.2, 0.25) is 5.15 Å². The molecule has 3 heteroatoms. The summed E-state index contributed by atoms with van der Waals surface area (Å²) in [6.07, 6.45) is 2.34. The van der Waals surface area contributed by atoms with Crippen LogP contribution in [0.5, 0.6) is 0 Å². The van der Waals surface area contributed by atoms with Crippen LogP contribution in [0.15, 0.2) is 18.3 Å². The number of nitrogens with zero attached hydrogens (tertiary/aromatic N) is 1. The summed E-state index contributed by atoms with van der Waals surface area (Å²) in [5.74, 6) is 0.115. The van der Waals surface area contributed by atoms with Gasteiger partial charge in [-0.2, -0.15) is 0 Å². The molecule has 0 unspecified atom stereocenters. The summed E-state index contributed by atoms with van der Waals surface area (Å²) in [4.78, 5) is 15.8. The van der Waals surface area contributed by atoms with Gasteiger partial charge < -0.3 is 0 Å². The Kier molecular flexibility index (Phi) is 3.27. The van der Waals surface area contributed by atoms with Crippen LogP contribution in [0.1, 0.15) is 37.6 Å². The van der Waals surface area contributed by atoms with Crippen molar-refractivity contribution in [2.75, 3.05) is 0 Å². The second-order valence-electron chi connectivity index (χ2n) is 3.94. The Morgan fingerprint density at radius 3 is 2.57 bits per heavy atom. The van der Waals surface area contributed by atoms with E-state index in [1.54, 1.807) is 12.1 Å². The maximum Gasteiger partial charge on any atom is 0.169 e. The molecule has 0 aliphatic rings. The first-order chi connectivity index (χ1) is 6.47. The Bertz CT molecular complexity index is 330. The van der Waals surface area contributed by atoms with Gasteiger partial charge >= 0.3 is 0 Å². The molecule has 1 aromatic heterocycles. The van der Waals surface area contributed by atoms with Crippen molar-refractivity contribution in [1.82, 2.24) is 4.98 Å². The molecule has 0 aliphatic carbocycles. The van der Waals surface area contributed by atoms with Crippen molar-refractivity contribution in [1.29, 1.82) is 0 Å². The van der Waals surface area contributed by atoms with Crippen molar-refractivity contribution in [3.05, 3.63) is 29.0 Å². The van der Waals surface area contributed by atoms with Crippen LogP contribution in [0.4, 0.5) is 0 Å². The van der Waals surface area contributed by atoms with Gasteiger partial charge in [0.05, 0.1) is 0 Å². The van der Waals surface area contributed by atoms with Crippen LogP contribution in [0.3, 0.4) is 0 Å². The summed E-state index contributed by atoms with van der Waals surface area (Å²) in [6.45, 7) is 5.87. The first kappa shape index (κ1) is 11.2. The summed E-state index contributed by atoms with van der Waals surface area (Å²) in [5, 5.41) is 0.413. The molecule has 14 heavy (non-hydrogen) atoms. The second-order valence-corrected chi connectivity index (χ2v) is 4.32. The molecule has 0 amide bonds. The molecular formula is C11H14ClNO. The highest BCUT2D eigenvalue weighted by atomic mass is 35.5. The van der Waals surface area contributed by atoms with Gasteiger partial charge in [0.25, 0.3) is 0 Å². The van der Waals surface area contributed by atoms with Gasteiger partial charge in [-0.25, -0.2) is 4.98 Å². The molecule has 0 atom stereocenters. The van der Waals surface area contributed by atoms with Crippen molar-refractivity contribution in [2.24, 2.45) is 5.41 Å². The third-order valence-electron chi connectivity index (χ3n) is 2.49. The third kappa shape index (κ3) is 2.32. The fraction of sp³-hybridized carbons (Fsp3) is 0.455. The van der Waals surface area contributed by atoms with E-state index in [4.69, 9.17) is 11.6 Å². The van der Waals surface area contributed by atoms with E-state index in [0.717, 1.165) is 6.42 Å². The number of carbonyl (C=O) groups excluding carboxylic acids is 1. The average molecular weight is 212 g/mol. The highest BCUT2D eigenvalue weighted by Gasteiger charge is 2.26. The van der Waals surface area contributed by atoms with Gasteiger partial charge in [0.15, 0.2) is 5.78 Å². The van der Waals surface area contributed by atoms with Crippen molar-refractivity contribution in [3.63, 3.8) is 0 Å². The van der Waals surface area contributed by atoms with E-state index >= 15 is 0 Å². The minimum Gasteiger partial charge on any atom is -0.294 e. The average Bonchev–Trinajstić information content (AvgIpc) is 2.18. The van der Waals surface area contributed by atoms with E-state index in [1.807, 2.05) is 20.8 Å². The second kappa shape index (κ2) is 4.09. The normalized spacial score (nSPS) is 11.4. The number of hydrogen-bond acceptors (Lipinski definition) is 2. The number of halogens is 1. The van der Waals surface area contributed by atoms with E-state index in [2.05, 4.69) is 4.98 Å². The molecule has 0 aliphatic heterocycles. The maximum atomic E-state index is 11.9. The van der Waals surface area contributed by atoms with Gasteiger partial charge in [0, 0.05) is 17.2 Å². The highest BCUT2D eigenvalue weighted by Crippen LogP contribution is 2.25. The molecule has 0 saturated carbocycles. The van der Waals surface area contributed by atoms with Crippen LogP contribution in [-0.2, 0) is 0 Å². The van der Waals surface area contributed by atoms with Crippen molar-refractivity contribution in [2.45, 2.75) is 27.2 Å². The van der Waals surface area contributed by atoms with Gasteiger partial charge in [0.2, 0.25) is 0 Å². The van der Waals surface area contributed by atoms with Crippen molar-refractivity contribution in [3.8, 4) is 0 Å². The SMILES string of the molecule is CCC(C)(C)C(=O)c1ccc(Cl)nc1. The van der Waals surface area contributed by atoms with Crippen LogP contribution >= 0.6 is 11.6 Å². The zero-order valence-electron chi connectivity index (χ0n) is 8.67. The number of ketones is 1. The van der Waals surface area contributed by atoms with E-state index in [0.29, 0.717) is 10.7 Å². The Labute approximate surface area is 89.3 Å². The fourth-order valence-electron chi connectivity index (χ4n) is 1.06. The monoisotopic (exact) mass is 211 g/mol. The molecule has 0 bridgehead atoms. The molecule has 1 rings (SSSR count). The van der Waals surface area contributed by atoms with Crippen LogP contribution in [-0.4, -0.2) is 10.8 Å². The molecule has 0 aromatic carbocycles. The molecule has 0 saturated heterocycles. The lowest BCUT2D eigenvalue weighted by Gasteiger charge is -2.20. The van der Waals surface area contributed by atoms with Gasteiger partial charge in [-0.15, -0.1) is 0 Å². The smallest absolute Gasteiger partial charge is 0.169 e. The maximum absolute atomic E-state index is 11.9. The summed E-state index contributed by atoms with van der Waals surface area (Å²) < 4.78 is 0. The molecule has 0 fully saturated rings. The molecular weight excluding hydrogens is 198 g/mol. The van der Waals surface area contributed by atoms with Gasteiger partial charge in [-0.05, 0) is 18.6 Å². The Morgan fingerprint density at radius 2 is 2.14 bits per heavy atom. The number of aromatic nitrogens is 1. The van der Waals surface area contributed by atoms with E-state index < -0.39 is 0 Å². The van der Waals surface area contributed by atoms with Crippen molar-refractivity contribution < 1.29 is 4.79 Å². The molecule has 1 heterocycles. The minimum absolute atomic E-state index is 0.115. The standard InChI is InChI=1S/C11H14ClNO/c1-4-11(2,3)10(14)8-5-6-9(12)13-7-8/h5-7H,4H2,1-3H3. The van der Waals surface area contributed by atoms with Gasteiger partial charge in [-0.3, -0.25) is 4.79 Å². The number of Topliss-reactive ketones (excluding diaryl/α,β-unsaturated/α-hetero) is 1. The van der Waals surface area contributed by atoms with Gasteiger partial charge in [0.1, 0.15) is 5.15 Å². The predicted molar refractivity (Wildman–Crippen MR) is 57.6 cm³/mol. The van der Waals surface area contributed by atoms with E-state index in [9.17, 15) is 4.79 Å². The third-order valence-corrected chi connectivity index (χ3v) is 2.71. The van der Waals surface area contributed by atoms with Gasteiger partial charge in [-0.1, -0.05) is 32.4 Å². The largest absolute Gasteiger partial charge is 0.294 e. The molecule has 2 nitrogen and oxygen atoms in total. The first-order valence-electron chi connectivity index (χ1n) is 4.63. The summed E-state index contributed by atoms with van der Waals surface area (Å²) in [6, 6.07) is 3.36. The van der Waals surface area contributed by atoms with E-state index in [1.165, 1.54) is 6.20 Å². The molecule has 0 N–H and O–H groups in total. The lowest BCUT2D eigenvalue weighted by molar-refractivity contribution is 0.0832. The molecule has 76 valence electrons. The predicted octanol–water partition coefficient (Wildman–Crippen LogP) is 3.35. The Morgan fingerprint density at radius 1 is 1.50 bits per heavy atom. The van der Waals surface area contributed by atoms with Crippen LogP contribution < -0.4 is 0 Å². The fourth-order valence-corrected chi connectivity index (χ4v) is 1.17. The number of hydrogen-bond donors (Lipinski definition) is 0. The molecule has 0 radical (unpaired) electrons. The number of rotatable bonds is 3. The van der Waals surface area contributed by atoms with Crippen LogP contribution in [0.25, 0.3) is 0 Å². The summed E-state index contributed by atoms with van der Waals surface area (Å²) >= 11 is 5.64. The first-order valence-corrected chi connectivity index (χ1v) is 5.01. The summed E-state index contributed by atoms with van der Waals surface area (Å²) in [5.41, 5.74) is 0.302. The summed E-state index contributed by atoms with van der Waals surface area (Å²) in [7, 11) is 0. The van der Waals surface area contributed by atoms with Crippen molar-refractivity contribution >= 4 is 17.4 Å². The van der Waals surface area contributed by atoms with E-state index in [-0.39, 0.29) is 11.2 Å². The zero-order valence-corrected chi connectivity index (χ0v) is 9.43. The van der Waals surface area contributed by atoms with Crippen LogP contribution in [0, 0.1) is 5.41 Å². The Hall–Kier alpha value is -0.890. The number of pyridine rings is 1. The zero-order chi connectivity index (χ0) is 10.8. The quantitative estimate of drug-likeness (QED) is 0.567. The Balaban J connectivity index is 2.96. The lowest BCUT2D eigenvalue weighted by Crippen LogP contribution is -2.23. The topological polar surface area (TPSA) is 30.0 Å². The molecule has 1 aromatic rings. The lowest BCUT2D eigenvalue weighted by atomic mass is 9.82. The number of carbonyl (C=O) groups is 1. The molecule has 0 spiro atoms. The highest BCUT2D eigenvalue weighted by molar-refractivity contribution is 6.29.